The van der Waals surface area contributed by atoms with E-state index in [0.29, 0.717) is 11.3 Å². The van der Waals surface area contributed by atoms with Crippen LogP contribution in [0.15, 0.2) is 6.20 Å². The zero-order valence-corrected chi connectivity index (χ0v) is 9.53. The van der Waals surface area contributed by atoms with Crippen LogP contribution in [0.25, 0.3) is 0 Å². The Balaban J connectivity index is 2.10. The third kappa shape index (κ3) is 2.30. The average molecular weight is 230 g/mol. The Kier molecular flexibility index (Phi) is 3.13. The number of nitrogens with zero attached hydrogens (tertiary/aromatic N) is 2. The molecule has 0 aromatic carbocycles. The van der Waals surface area contributed by atoms with Crippen LogP contribution in [0.3, 0.4) is 0 Å². The van der Waals surface area contributed by atoms with Crippen LogP contribution in [0.2, 0.25) is 5.28 Å². The van der Waals surface area contributed by atoms with E-state index in [-0.39, 0.29) is 0 Å². The van der Waals surface area contributed by atoms with Gasteiger partial charge in [-0.25, -0.2) is 9.97 Å². The molecule has 1 atom stereocenters. The fourth-order valence-corrected chi connectivity index (χ4v) is 2.69. The molecule has 5 heteroatoms. The van der Waals surface area contributed by atoms with Crippen molar-refractivity contribution in [1.29, 1.82) is 0 Å². The van der Waals surface area contributed by atoms with E-state index < -0.39 is 0 Å². The Morgan fingerprint density at radius 1 is 1.64 bits per heavy atom. The first-order valence-electron chi connectivity index (χ1n) is 4.59. The van der Waals surface area contributed by atoms with Gasteiger partial charge in [0, 0.05) is 23.6 Å². The van der Waals surface area contributed by atoms with Gasteiger partial charge in [0.25, 0.3) is 0 Å². The van der Waals surface area contributed by atoms with Gasteiger partial charge >= 0.3 is 0 Å². The van der Waals surface area contributed by atoms with Gasteiger partial charge in [0.15, 0.2) is 0 Å². The van der Waals surface area contributed by atoms with Gasteiger partial charge in [-0.2, -0.15) is 11.8 Å². The van der Waals surface area contributed by atoms with Crippen molar-refractivity contribution >= 4 is 29.2 Å². The summed E-state index contributed by atoms with van der Waals surface area (Å²) < 4.78 is 0. The van der Waals surface area contributed by atoms with Crippen LogP contribution >= 0.6 is 23.4 Å². The summed E-state index contributed by atoms with van der Waals surface area (Å²) in [7, 11) is 0. The van der Waals surface area contributed by atoms with Crippen LogP contribution in [0.1, 0.15) is 12.0 Å². The Labute approximate surface area is 92.7 Å². The topological polar surface area (TPSA) is 37.8 Å². The summed E-state index contributed by atoms with van der Waals surface area (Å²) in [5.74, 6) is 3.26. The zero-order chi connectivity index (χ0) is 9.97. The number of rotatable bonds is 2. The van der Waals surface area contributed by atoms with Crippen LogP contribution in [0, 0.1) is 6.92 Å². The number of anilines is 1. The zero-order valence-electron chi connectivity index (χ0n) is 7.96. The number of hydrogen-bond acceptors (Lipinski definition) is 4. The first kappa shape index (κ1) is 10.1. The molecule has 0 spiro atoms. The average Bonchev–Trinajstić information content (AvgIpc) is 2.64. The fraction of sp³-hybridized carbons (Fsp3) is 0.556. The maximum absolute atomic E-state index is 5.73. The lowest BCUT2D eigenvalue weighted by Crippen LogP contribution is -2.19. The molecule has 1 saturated heterocycles. The first-order chi connectivity index (χ1) is 6.75. The molecule has 2 heterocycles. The summed E-state index contributed by atoms with van der Waals surface area (Å²) >= 11 is 7.71. The highest BCUT2D eigenvalue weighted by atomic mass is 35.5. The van der Waals surface area contributed by atoms with Gasteiger partial charge in [-0.3, -0.25) is 0 Å². The number of thioether (sulfide) groups is 1. The Bertz CT molecular complexity index is 326. The molecule has 2 rings (SSSR count). The van der Waals surface area contributed by atoms with Crippen LogP contribution in [-0.4, -0.2) is 27.5 Å². The maximum Gasteiger partial charge on any atom is 0.224 e. The molecule has 1 unspecified atom stereocenters. The summed E-state index contributed by atoms with van der Waals surface area (Å²) in [5.41, 5.74) is 1.05. The lowest BCUT2D eigenvalue weighted by atomic mass is 10.2. The monoisotopic (exact) mass is 229 g/mol. The molecule has 1 N–H and O–H groups in total. The Hall–Kier alpha value is -0.480. The molecule has 0 bridgehead atoms. The summed E-state index contributed by atoms with van der Waals surface area (Å²) in [6.07, 6.45) is 2.95. The summed E-state index contributed by atoms with van der Waals surface area (Å²) in [5, 5.41) is 3.70. The van der Waals surface area contributed by atoms with E-state index in [1.54, 1.807) is 6.20 Å². The van der Waals surface area contributed by atoms with Crippen molar-refractivity contribution in [3.8, 4) is 0 Å². The van der Waals surface area contributed by atoms with E-state index in [1.807, 2.05) is 18.7 Å². The lowest BCUT2D eigenvalue weighted by Gasteiger charge is -2.13. The van der Waals surface area contributed by atoms with Crippen molar-refractivity contribution in [2.24, 2.45) is 0 Å². The molecule has 0 saturated carbocycles. The van der Waals surface area contributed by atoms with E-state index in [9.17, 15) is 0 Å². The van der Waals surface area contributed by atoms with Crippen molar-refractivity contribution in [3.05, 3.63) is 17.0 Å². The van der Waals surface area contributed by atoms with Gasteiger partial charge in [0.2, 0.25) is 5.28 Å². The first-order valence-corrected chi connectivity index (χ1v) is 6.12. The minimum atomic E-state index is 0.309. The van der Waals surface area contributed by atoms with Crippen molar-refractivity contribution in [3.63, 3.8) is 0 Å². The number of nitrogens with one attached hydrogen (secondary N) is 1. The van der Waals surface area contributed by atoms with Crippen molar-refractivity contribution in [2.45, 2.75) is 19.4 Å². The molecule has 0 aliphatic carbocycles. The van der Waals surface area contributed by atoms with Gasteiger partial charge in [-0.15, -0.1) is 0 Å². The van der Waals surface area contributed by atoms with Gasteiger partial charge in [0.1, 0.15) is 5.82 Å². The standard InChI is InChI=1S/C9H12ClN3S/c1-6-4-11-9(10)13-8(6)12-7-2-3-14-5-7/h4,7H,2-3,5H2,1H3,(H,11,12,13). The Morgan fingerprint density at radius 3 is 3.21 bits per heavy atom. The minimum absolute atomic E-state index is 0.309. The molecule has 0 amide bonds. The maximum atomic E-state index is 5.73. The second kappa shape index (κ2) is 4.36. The summed E-state index contributed by atoms with van der Waals surface area (Å²) in [6, 6.07) is 0.532. The fourth-order valence-electron chi connectivity index (χ4n) is 1.41. The van der Waals surface area contributed by atoms with E-state index >= 15 is 0 Å². The van der Waals surface area contributed by atoms with Crippen LogP contribution < -0.4 is 5.32 Å². The SMILES string of the molecule is Cc1cnc(Cl)nc1NC1CCSC1. The molecule has 76 valence electrons. The second-order valence-corrected chi connectivity index (χ2v) is 4.86. The third-order valence-electron chi connectivity index (χ3n) is 2.21. The highest BCUT2D eigenvalue weighted by Crippen LogP contribution is 2.22. The van der Waals surface area contributed by atoms with E-state index in [2.05, 4.69) is 15.3 Å². The predicted molar refractivity (Wildman–Crippen MR) is 61.1 cm³/mol. The molecular weight excluding hydrogens is 218 g/mol. The molecule has 3 nitrogen and oxygen atoms in total. The molecular formula is C9H12ClN3S. The lowest BCUT2D eigenvalue weighted by molar-refractivity contribution is 0.803. The van der Waals surface area contributed by atoms with Crippen LogP contribution in [0.5, 0.6) is 0 Å². The molecule has 1 aromatic heterocycles. The van der Waals surface area contributed by atoms with Crippen molar-refractivity contribution in [2.75, 3.05) is 16.8 Å². The molecule has 1 aromatic rings. The van der Waals surface area contributed by atoms with Crippen molar-refractivity contribution in [1.82, 2.24) is 9.97 Å². The highest BCUT2D eigenvalue weighted by molar-refractivity contribution is 7.99. The number of aromatic nitrogens is 2. The highest BCUT2D eigenvalue weighted by Gasteiger charge is 2.16. The summed E-state index contributed by atoms with van der Waals surface area (Å²) in [4.78, 5) is 8.09. The smallest absolute Gasteiger partial charge is 0.224 e. The van der Waals surface area contributed by atoms with E-state index in [4.69, 9.17) is 11.6 Å². The molecule has 1 aliphatic rings. The van der Waals surface area contributed by atoms with Gasteiger partial charge < -0.3 is 5.32 Å². The van der Waals surface area contributed by atoms with E-state index in [0.717, 1.165) is 17.1 Å². The third-order valence-corrected chi connectivity index (χ3v) is 3.56. The number of hydrogen-bond donors (Lipinski definition) is 1. The van der Waals surface area contributed by atoms with Crippen molar-refractivity contribution < 1.29 is 0 Å². The van der Waals surface area contributed by atoms with Gasteiger partial charge in [-0.1, -0.05) is 0 Å². The molecule has 1 aliphatic heterocycles. The number of halogens is 1. The largest absolute Gasteiger partial charge is 0.366 e. The van der Waals surface area contributed by atoms with Crippen LogP contribution in [0.4, 0.5) is 5.82 Å². The predicted octanol–water partition coefficient (Wildman–Crippen LogP) is 2.36. The van der Waals surface area contributed by atoms with Crippen LogP contribution in [-0.2, 0) is 0 Å². The summed E-state index contributed by atoms with van der Waals surface area (Å²) in [6.45, 7) is 1.99. The quantitative estimate of drug-likeness (QED) is 0.791. The second-order valence-electron chi connectivity index (χ2n) is 3.38. The molecule has 14 heavy (non-hydrogen) atoms. The van der Waals surface area contributed by atoms with E-state index in [1.165, 1.54) is 12.2 Å². The number of aryl methyl sites for hydroxylation is 1. The minimum Gasteiger partial charge on any atom is -0.366 e. The Morgan fingerprint density at radius 2 is 2.50 bits per heavy atom. The molecule has 1 fully saturated rings. The van der Waals surface area contributed by atoms with Gasteiger partial charge in [-0.05, 0) is 30.7 Å². The normalized spacial score (nSPS) is 21.1. The molecule has 0 radical (unpaired) electrons. The van der Waals surface area contributed by atoms with Gasteiger partial charge in [0.05, 0.1) is 0 Å².